The molecule has 0 amide bonds. The fraction of sp³-hybridized carbons (Fsp3) is 0.0952. The van der Waals surface area contributed by atoms with Gasteiger partial charge >= 0.3 is 0 Å². The van der Waals surface area contributed by atoms with E-state index < -0.39 is 0 Å². The fourth-order valence-corrected chi connectivity index (χ4v) is 3.27. The Bertz CT molecular complexity index is 1260. The number of aromatic nitrogens is 6. The first kappa shape index (κ1) is 16.3. The van der Waals surface area contributed by atoms with Crippen molar-refractivity contribution in [3.05, 3.63) is 72.8 Å². The molecule has 136 valence electrons. The third-order valence-electron chi connectivity index (χ3n) is 4.73. The second-order valence-electron chi connectivity index (χ2n) is 6.59. The van der Waals surface area contributed by atoms with Gasteiger partial charge in [-0.2, -0.15) is 5.10 Å². The van der Waals surface area contributed by atoms with Crippen LogP contribution in [0.1, 0.15) is 18.5 Å². The number of benzene rings is 2. The van der Waals surface area contributed by atoms with Gasteiger partial charge in [-0.05, 0) is 24.6 Å². The molecule has 7 nitrogen and oxygen atoms in total. The van der Waals surface area contributed by atoms with Crippen molar-refractivity contribution >= 4 is 27.9 Å². The van der Waals surface area contributed by atoms with Crippen LogP contribution < -0.4 is 5.32 Å². The number of H-pyrrole nitrogens is 1. The summed E-state index contributed by atoms with van der Waals surface area (Å²) in [4.78, 5) is 17.9. The molecule has 0 radical (unpaired) electrons. The third kappa shape index (κ3) is 2.92. The van der Waals surface area contributed by atoms with Crippen LogP contribution in [0.25, 0.3) is 33.3 Å². The highest BCUT2D eigenvalue weighted by Gasteiger charge is 2.11. The lowest BCUT2D eigenvalue weighted by Crippen LogP contribution is -2.08. The van der Waals surface area contributed by atoms with E-state index in [-0.39, 0.29) is 6.04 Å². The molecule has 0 saturated carbocycles. The zero-order valence-electron chi connectivity index (χ0n) is 15.2. The molecule has 5 rings (SSSR count). The van der Waals surface area contributed by atoms with E-state index in [2.05, 4.69) is 49.5 Å². The molecule has 1 atom stereocenters. The van der Waals surface area contributed by atoms with Crippen LogP contribution in [0.15, 0.2) is 67.3 Å². The zero-order chi connectivity index (χ0) is 18.9. The maximum Gasteiger partial charge on any atom is 0.159 e. The van der Waals surface area contributed by atoms with Crippen LogP contribution in [-0.2, 0) is 0 Å². The lowest BCUT2D eigenvalue weighted by molar-refractivity contribution is 0.874. The average Bonchev–Trinajstić information content (AvgIpc) is 3.23. The van der Waals surface area contributed by atoms with Gasteiger partial charge in [-0.25, -0.2) is 15.0 Å². The van der Waals surface area contributed by atoms with Crippen molar-refractivity contribution in [3.63, 3.8) is 0 Å². The molecule has 0 saturated heterocycles. The van der Waals surface area contributed by atoms with E-state index in [1.165, 1.54) is 11.9 Å². The van der Waals surface area contributed by atoms with Crippen molar-refractivity contribution in [2.24, 2.45) is 0 Å². The summed E-state index contributed by atoms with van der Waals surface area (Å²) >= 11 is 0. The molecule has 0 aliphatic rings. The molecule has 28 heavy (non-hydrogen) atoms. The van der Waals surface area contributed by atoms with E-state index in [1.54, 1.807) is 12.4 Å². The quantitative estimate of drug-likeness (QED) is 0.496. The average molecular weight is 367 g/mol. The number of hydrogen-bond acceptors (Lipinski definition) is 6. The summed E-state index contributed by atoms with van der Waals surface area (Å²) in [6.45, 7) is 2.11. The topological polar surface area (TPSA) is 92.3 Å². The lowest BCUT2D eigenvalue weighted by atomic mass is 10.1. The van der Waals surface area contributed by atoms with Crippen LogP contribution >= 0.6 is 0 Å². The molecule has 3 aromatic heterocycles. The molecule has 0 spiro atoms. The molecule has 2 aromatic carbocycles. The van der Waals surface area contributed by atoms with E-state index in [4.69, 9.17) is 4.98 Å². The highest BCUT2D eigenvalue weighted by molar-refractivity contribution is 5.92. The molecule has 0 fully saturated rings. The van der Waals surface area contributed by atoms with Crippen LogP contribution in [0.5, 0.6) is 0 Å². The van der Waals surface area contributed by atoms with Crippen molar-refractivity contribution in [1.82, 2.24) is 30.1 Å². The number of anilines is 1. The summed E-state index contributed by atoms with van der Waals surface area (Å²) < 4.78 is 0. The Morgan fingerprint density at radius 2 is 1.82 bits per heavy atom. The molecule has 5 aromatic rings. The molecular weight excluding hydrogens is 350 g/mol. The Morgan fingerprint density at radius 1 is 0.929 bits per heavy atom. The van der Waals surface area contributed by atoms with E-state index in [0.717, 1.165) is 33.5 Å². The second-order valence-corrected chi connectivity index (χ2v) is 6.59. The lowest BCUT2D eigenvalue weighted by Gasteiger charge is -2.15. The van der Waals surface area contributed by atoms with E-state index in [9.17, 15) is 0 Å². The Kier molecular flexibility index (Phi) is 3.90. The van der Waals surface area contributed by atoms with Crippen molar-refractivity contribution in [3.8, 4) is 11.3 Å². The largest absolute Gasteiger partial charge is 0.362 e. The van der Waals surface area contributed by atoms with Gasteiger partial charge in [0.15, 0.2) is 5.65 Å². The van der Waals surface area contributed by atoms with Crippen LogP contribution in [0.2, 0.25) is 0 Å². The number of nitrogens with zero attached hydrogens (tertiary/aromatic N) is 5. The van der Waals surface area contributed by atoms with Crippen LogP contribution in [-0.4, -0.2) is 30.1 Å². The first-order valence-electron chi connectivity index (χ1n) is 9.01. The monoisotopic (exact) mass is 367 g/mol. The molecule has 0 aliphatic heterocycles. The summed E-state index contributed by atoms with van der Waals surface area (Å²) in [6, 6.07) is 16.4. The summed E-state index contributed by atoms with van der Waals surface area (Å²) in [5.74, 6) is 0.746. The summed E-state index contributed by atoms with van der Waals surface area (Å²) in [5, 5.41) is 11.2. The number of fused-ring (bicyclic) bond motifs is 2. The van der Waals surface area contributed by atoms with E-state index >= 15 is 0 Å². The SMILES string of the molecule is C[C@@H](Nc1cnc2cc(-c3ncnc4[nH]ncc34)ccc2n1)c1ccccc1. The van der Waals surface area contributed by atoms with Gasteiger partial charge in [0.25, 0.3) is 0 Å². The van der Waals surface area contributed by atoms with E-state index in [0.29, 0.717) is 5.65 Å². The van der Waals surface area contributed by atoms with Gasteiger partial charge in [0.2, 0.25) is 0 Å². The molecule has 0 bridgehead atoms. The number of nitrogens with one attached hydrogen (secondary N) is 2. The molecule has 3 heterocycles. The van der Waals surface area contributed by atoms with E-state index in [1.807, 2.05) is 36.4 Å². The Labute approximate surface area is 160 Å². The Hall–Kier alpha value is -3.87. The van der Waals surface area contributed by atoms with Crippen LogP contribution in [0.3, 0.4) is 0 Å². The minimum atomic E-state index is 0.141. The van der Waals surface area contributed by atoms with Crippen molar-refractivity contribution in [2.45, 2.75) is 13.0 Å². The standard InChI is InChI=1S/C21H17N7/c1-13(14-5-3-2-4-6-14)26-19-11-22-18-9-15(7-8-17(18)27-19)20-16-10-25-28-21(16)24-12-23-20/h2-13H,1H3,(H,26,27)(H,23,24,25,28)/t13-/m1/s1. The molecule has 7 heteroatoms. The maximum atomic E-state index is 4.70. The van der Waals surface area contributed by atoms with Crippen molar-refractivity contribution in [2.75, 3.05) is 5.32 Å². The Balaban J connectivity index is 1.47. The Morgan fingerprint density at radius 3 is 2.71 bits per heavy atom. The first-order valence-corrected chi connectivity index (χ1v) is 9.01. The molecule has 0 aliphatic carbocycles. The summed E-state index contributed by atoms with van der Waals surface area (Å²) in [6.07, 6.45) is 5.03. The fourth-order valence-electron chi connectivity index (χ4n) is 3.27. The van der Waals surface area contributed by atoms with Crippen molar-refractivity contribution < 1.29 is 0 Å². The third-order valence-corrected chi connectivity index (χ3v) is 4.73. The van der Waals surface area contributed by atoms with Gasteiger partial charge in [0.1, 0.15) is 12.1 Å². The number of hydrogen-bond donors (Lipinski definition) is 2. The zero-order valence-corrected chi connectivity index (χ0v) is 15.2. The van der Waals surface area contributed by atoms with Gasteiger partial charge in [-0.15, -0.1) is 0 Å². The highest BCUT2D eigenvalue weighted by atomic mass is 15.1. The maximum absolute atomic E-state index is 4.70. The van der Waals surface area contributed by atoms with Gasteiger partial charge in [-0.3, -0.25) is 10.1 Å². The van der Waals surface area contributed by atoms with Crippen molar-refractivity contribution in [1.29, 1.82) is 0 Å². The number of rotatable bonds is 4. The van der Waals surface area contributed by atoms with Gasteiger partial charge in [0.05, 0.1) is 34.5 Å². The van der Waals surface area contributed by atoms with Gasteiger partial charge in [0, 0.05) is 11.6 Å². The molecule has 2 N–H and O–H groups in total. The highest BCUT2D eigenvalue weighted by Crippen LogP contribution is 2.27. The summed E-state index contributed by atoms with van der Waals surface area (Å²) in [5.41, 5.74) is 5.33. The van der Waals surface area contributed by atoms with Crippen LogP contribution in [0, 0.1) is 0 Å². The van der Waals surface area contributed by atoms with Gasteiger partial charge in [-0.1, -0.05) is 36.4 Å². The predicted molar refractivity (Wildman–Crippen MR) is 109 cm³/mol. The minimum Gasteiger partial charge on any atom is -0.362 e. The second kappa shape index (κ2) is 6.70. The summed E-state index contributed by atoms with van der Waals surface area (Å²) in [7, 11) is 0. The molecular formula is C21H17N7. The number of aromatic amines is 1. The molecule has 0 unspecified atom stereocenters. The van der Waals surface area contributed by atoms with Crippen LogP contribution in [0.4, 0.5) is 5.82 Å². The normalized spacial score (nSPS) is 12.3. The first-order chi connectivity index (χ1) is 13.8. The smallest absolute Gasteiger partial charge is 0.159 e. The predicted octanol–water partition coefficient (Wildman–Crippen LogP) is 4.14. The minimum absolute atomic E-state index is 0.141. The van der Waals surface area contributed by atoms with Gasteiger partial charge < -0.3 is 5.32 Å².